The number of hydrogen-bond acceptors (Lipinski definition) is 2. The molecule has 0 saturated heterocycles. The monoisotopic (exact) mass is 216 g/mol. The fourth-order valence-electron chi connectivity index (χ4n) is 0.951. The van der Waals surface area contributed by atoms with Crippen LogP contribution in [0.15, 0.2) is 0 Å². The summed E-state index contributed by atoms with van der Waals surface area (Å²) in [6, 6.07) is 0.248. The van der Waals surface area contributed by atoms with Crippen LogP contribution in [0.2, 0.25) is 0 Å². The molecule has 1 amide bonds. The summed E-state index contributed by atoms with van der Waals surface area (Å²) in [7, 11) is 0. The summed E-state index contributed by atoms with van der Waals surface area (Å²) in [5.74, 6) is -0.0318. The van der Waals surface area contributed by atoms with Gasteiger partial charge in [0.15, 0.2) is 5.11 Å². The second-order valence-electron chi connectivity index (χ2n) is 4.91. The molecule has 3 nitrogen and oxygen atoms in total. The van der Waals surface area contributed by atoms with Crippen molar-refractivity contribution >= 4 is 23.2 Å². The minimum Gasteiger partial charge on any atom is -0.360 e. The first-order chi connectivity index (χ1) is 6.20. The Morgan fingerprint density at radius 2 is 1.86 bits per heavy atom. The first kappa shape index (κ1) is 13.4. The van der Waals surface area contributed by atoms with Crippen LogP contribution in [0.3, 0.4) is 0 Å². The summed E-state index contributed by atoms with van der Waals surface area (Å²) in [4.78, 5) is 11.4. The van der Waals surface area contributed by atoms with Gasteiger partial charge in [-0.05, 0) is 31.5 Å². The highest BCUT2D eigenvalue weighted by Gasteiger charge is 2.16. The molecule has 2 N–H and O–H groups in total. The number of rotatable bonds is 2. The van der Waals surface area contributed by atoms with Crippen LogP contribution >= 0.6 is 12.2 Å². The van der Waals surface area contributed by atoms with Gasteiger partial charge in [-0.3, -0.25) is 4.79 Å². The SMILES string of the molecule is CC(C)NC(=S)NC(=O)CC(C)(C)C. The maximum absolute atomic E-state index is 11.4. The van der Waals surface area contributed by atoms with E-state index in [9.17, 15) is 4.79 Å². The van der Waals surface area contributed by atoms with Crippen LogP contribution in [0.4, 0.5) is 0 Å². The molecule has 0 aliphatic heterocycles. The van der Waals surface area contributed by atoms with Crippen LogP contribution < -0.4 is 10.6 Å². The summed E-state index contributed by atoms with van der Waals surface area (Å²) >= 11 is 4.95. The van der Waals surface area contributed by atoms with Gasteiger partial charge in [-0.2, -0.15) is 0 Å². The molecular formula is C10H20N2OS. The third-order valence-corrected chi connectivity index (χ3v) is 1.58. The number of carbonyl (C=O) groups is 1. The number of hydrogen-bond donors (Lipinski definition) is 2. The van der Waals surface area contributed by atoms with Crippen molar-refractivity contribution in [1.29, 1.82) is 0 Å². The highest BCUT2D eigenvalue weighted by atomic mass is 32.1. The zero-order valence-electron chi connectivity index (χ0n) is 9.60. The van der Waals surface area contributed by atoms with Gasteiger partial charge < -0.3 is 10.6 Å². The highest BCUT2D eigenvalue weighted by molar-refractivity contribution is 7.80. The minimum atomic E-state index is -0.0318. The first-order valence-corrected chi connectivity index (χ1v) is 5.22. The van der Waals surface area contributed by atoms with Gasteiger partial charge in [-0.1, -0.05) is 20.8 Å². The zero-order valence-corrected chi connectivity index (χ0v) is 10.4. The van der Waals surface area contributed by atoms with E-state index in [1.165, 1.54) is 0 Å². The van der Waals surface area contributed by atoms with Crippen molar-refractivity contribution in [2.75, 3.05) is 0 Å². The van der Waals surface area contributed by atoms with Gasteiger partial charge in [-0.15, -0.1) is 0 Å². The third-order valence-electron chi connectivity index (χ3n) is 1.36. The van der Waals surface area contributed by atoms with Crippen molar-refractivity contribution in [3.63, 3.8) is 0 Å². The van der Waals surface area contributed by atoms with Gasteiger partial charge in [0, 0.05) is 12.5 Å². The Labute approximate surface area is 91.6 Å². The second kappa shape index (κ2) is 5.29. The summed E-state index contributed by atoms with van der Waals surface area (Å²) in [6.45, 7) is 10.0. The molecule has 0 spiro atoms. The van der Waals surface area contributed by atoms with Crippen LogP contribution in [0.5, 0.6) is 0 Å². The summed E-state index contributed by atoms with van der Waals surface area (Å²) in [5.41, 5.74) is -0.00245. The minimum absolute atomic E-state index is 0.00245. The molecule has 14 heavy (non-hydrogen) atoms. The highest BCUT2D eigenvalue weighted by Crippen LogP contribution is 2.17. The van der Waals surface area contributed by atoms with Gasteiger partial charge in [0.2, 0.25) is 5.91 Å². The molecule has 0 rings (SSSR count). The molecule has 0 aliphatic carbocycles. The summed E-state index contributed by atoms with van der Waals surface area (Å²) in [6.07, 6.45) is 0.479. The molecule has 0 heterocycles. The average Bonchev–Trinajstić information content (AvgIpc) is 1.77. The Morgan fingerprint density at radius 3 is 2.21 bits per heavy atom. The predicted molar refractivity (Wildman–Crippen MR) is 63.1 cm³/mol. The average molecular weight is 216 g/mol. The van der Waals surface area contributed by atoms with E-state index in [2.05, 4.69) is 10.6 Å². The number of carbonyl (C=O) groups excluding carboxylic acids is 1. The number of amides is 1. The lowest BCUT2D eigenvalue weighted by Gasteiger charge is -2.18. The largest absolute Gasteiger partial charge is 0.360 e. The quantitative estimate of drug-likeness (QED) is 0.692. The standard InChI is InChI=1S/C10H20N2OS/c1-7(2)11-9(14)12-8(13)6-10(3,4)5/h7H,6H2,1-5H3,(H2,11,12,13,14). The molecule has 0 atom stereocenters. The smallest absolute Gasteiger partial charge is 0.226 e. The maximum atomic E-state index is 11.4. The van der Waals surface area contributed by atoms with Gasteiger partial charge in [-0.25, -0.2) is 0 Å². The van der Waals surface area contributed by atoms with Gasteiger partial charge >= 0.3 is 0 Å². The molecule has 0 fully saturated rings. The van der Waals surface area contributed by atoms with E-state index in [0.717, 1.165) is 0 Å². The summed E-state index contributed by atoms with van der Waals surface area (Å²) < 4.78 is 0. The molecule has 0 aromatic rings. The fraction of sp³-hybridized carbons (Fsp3) is 0.800. The van der Waals surface area contributed by atoms with Crippen molar-refractivity contribution in [3.05, 3.63) is 0 Å². The molecule has 0 bridgehead atoms. The third kappa shape index (κ3) is 7.98. The zero-order chi connectivity index (χ0) is 11.4. The van der Waals surface area contributed by atoms with Crippen molar-refractivity contribution in [3.8, 4) is 0 Å². The topological polar surface area (TPSA) is 41.1 Å². The maximum Gasteiger partial charge on any atom is 0.226 e. The fourth-order valence-corrected chi connectivity index (χ4v) is 1.30. The molecule has 0 aromatic carbocycles. The number of thiocarbonyl (C=S) groups is 1. The lowest BCUT2D eigenvalue weighted by Crippen LogP contribution is -2.43. The van der Waals surface area contributed by atoms with Crippen molar-refractivity contribution in [2.45, 2.75) is 47.1 Å². The molecule has 0 aromatic heterocycles. The Hall–Kier alpha value is -0.640. The van der Waals surface area contributed by atoms with E-state index in [-0.39, 0.29) is 17.4 Å². The van der Waals surface area contributed by atoms with Crippen LogP contribution in [-0.4, -0.2) is 17.1 Å². The van der Waals surface area contributed by atoms with Gasteiger partial charge in [0.1, 0.15) is 0 Å². The Balaban J connectivity index is 3.90. The lowest BCUT2D eigenvalue weighted by atomic mass is 9.92. The van der Waals surface area contributed by atoms with E-state index >= 15 is 0 Å². The molecule has 0 radical (unpaired) electrons. The predicted octanol–water partition coefficient (Wildman–Crippen LogP) is 1.82. The van der Waals surface area contributed by atoms with Crippen molar-refractivity contribution in [2.24, 2.45) is 5.41 Å². The van der Waals surface area contributed by atoms with Gasteiger partial charge in [0.05, 0.1) is 0 Å². The molecule has 82 valence electrons. The molecule has 0 saturated carbocycles. The lowest BCUT2D eigenvalue weighted by molar-refractivity contribution is -0.121. The van der Waals surface area contributed by atoms with E-state index < -0.39 is 0 Å². The molecular weight excluding hydrogens is 196 g/mol. The van der Waals surface area contributed by atoms with E-state index in [1.54, 1.807) is 0 Å². The van der Waals surface area contributed by atoms with Crippen molar-refractivity contribution < 1.29 is 4.79 Å². The van der Waals surface area contributed by atoms with Crippen molar-refractivity contribution in [1.82, 2.24) is 10.6 Å². The van der Waals surface area contributed by atoms with E-state index in [0.29, 0.717) is 11.5 Å². The van der Waals surface area contributed by atoms with Crippen LogP contribution in [-0.2, 0) is 4.79 Å². The first-order valence-electron chi connectivity index (χ1n) is 4.81. The van der Waals surface area contributed by atoms with Crippen LogP contribution in [0, 0.1) is 5.41 Å². The van der Waals surface area contributed by atoms with E-state index in [1.807, 2.05) is 34.6 Å². The van der Waals surface area contributed by atoms with Crippen LogP contribution in [0.1, 0.15) is 41.0 Å². The Morgan fingerprint density at radius 1 is 1.36 bits per heavy atom. The van der Waals surface area contributed by atoms with Crippen LogP contribution in [0.25, 0.3) is 0 Å². The Bertz CT molecular complexity index is 219. The molecule has 0 aliphatic rings. The molecule has 4 heteroatoms. The van der Waals surface area contributed by atoms with E-state index in [4.69, 9.17) is 12.2 Å². The van der Waals surface area contributed by atoms with Gasteiger partial charge in [0.25, 0.3) is 0 Å². The second-order valence-corrected chi connectivity index (χ2v) is 5.32. The summed E-state index contributed by atoms with van der Waals surface area (Å²) in [5, 5.41) is 6.02. The number of nitrogens with one attached hydrogen (secondary N) is 2. The molecule has 0 unspecified atom stereocenters. The normalized spacial score (nSPS) is 11.3. The Kier molecular flexibility index (Phi) is 5.05.